The maximum absolute atomic E-state index is 13.2. The van der Waals surface area contributed by atoms with Gasteiger partial charge in [-0.1, -0.05) is 18.2 Å². The number of carbonyl (C=O) groups excluding carboxylic acids is 3. The van der Waals surface area contributed by atoms with E-state index in [0.717, 1.165) is 86.1 Å². The number of anilines is 1. The van der Waals surface area contributed by atoms with Gasteiger partial charge in [-0.15, -0.1) is 0 Å². The number of benzene rings is 2. The lowest BCUT2D eigenvalue weighted by atomic mass is 9.93. The Morgan fingerprint density at radius 1 is 0.902 bits per heavy atom. The van der Waals surface area contributed by atoms with Crippen LogP contribution >= 0.6 is 0 Å². The largest absolute Gasteiger partial charge is 0.342 e. The van der Waals surface area contributed by atoms with Gasteiger partial charge in [0.05, 0.1) is 11.2 Å². The fourth-order valence-corrected chi connectivity index (χ4v) is 7.08. The number of rotatable bonds is 5. The lowest BCUT2D eigenvalue weighted by molar-refractivity contribution is -0.120. The van der Waals surface area contributed by atoms with Crippen molar-refractivity contribution in [3.8, 4) is 0 Å². The summed E-state index contributed by atoms with van der Waals surface area (Å²) in [6, 6.07) is 14.4. The summed E-state index contributed by atoms with van der Waals surface area (Å²) in [5, 5.41) is 3.52. The van der Waals surface area contributed by atoms with Gasteiger partial charge in [-0.25, -0.2) is 4.79 Å². The van der Waals surface area contributed by atoms with E-state index in [-0.39, 0.29) is 17.8 Å². The van der Waals surface area contributed by atoms with Crippen molar-refractivity contribution in [3.63, 3.8) is 0 Å². The molecule has 2 aromatic carbocycles. The normalized spacial score (nSPS) is 19.7. The number of hydrogen-bond donors (Lipinski definition) is 1. The number of aryl methyl sites for hydroxylation is 2. The molecule has 0 radical (unpaired) electrons. The molecule has 0 bridgehead atoms. The zero-order chi connectivity index (χ0) is 28.7. The first-order valence-electron chi connectivity index (χ1n) is 15.1. The van der Waals surface area contributed by atoms with Gasteiger partial charge in [0.2, 0.25) is 5.91 Å². The van der Waals surface area contributed by atoms with Crippen LogP contribution in [0.15, 0.2) is 42.5 Å². The molecular formula is C33H41N5O3. The van der Waals surface area contributed by atoms with Crippen LogP contribution in [0.2, 0.25) is 0 Å². The van der Waals surface area contributed by atoms with E-state index in [0.29, 0.717) is 24.9 Å². The highest BCUT2D eigenvalue weighted by Gasteiger charge is 2.30. The molecule has 3 aromatic rings. The molecule has 0 saturated carbocycles. The molecular weight excluding hydrogens is 514 g/mol. The summed E-state index contributed by atoms with van der Waals surface area (Å²) in [5.74, 6) is 0.598. The van der Waals surface area contributed by atoms with Gasteiger partial charge in [0.15, 0.2) is 0 Å². The number of imide groups is 1. The van der Waals surface area contributed by atoms with Crippen molar-refractivity contribution in [1.29, 1.82) is 0 Å². The van der Waals surface area contributed by atoms with Crippen LogP contribution in [0.4, 0.5) is 10.5 Å². The Hall–Kier alpha value is -3.65. The van der Waals surface area contributed by atoms with E-state index in [9.17, 15) is 14.4 Å². The Morgan fingerprint density at radius 2 is 1.63 bits per heavy atom. The van der Waals surface area contributed by atoms with Crippen LogP contribution in [0.5, 0.6) is 0 Å². The summed E-state index contributed by atoms with van der Waals surface area (Å²) < 4.78 is 2.46. The molecule has 0 spiro atoms. The van der Waals surface area contributed by atoms with Gasteiger partial charge in [-0.3, -0.25) is 19.8 Å². The highest BCUT2D eigenvalue weighted by Crippen LogP contribution is 2.36. The van der Waals surface area contributed by atoms with Crippen molar-refractivity contribution in [1.82, 2.24) is 19.7 Å². The number of amides is 4. The molecule has 3 saturated heterocycles. The molecule has 4 heterocycles. The van der Waals surface area contributed by atoms with Crippen LogP contribution in [0, 0.1) is 26.7 Å². The molecule has 3 aliphatic heterocycles. The highest BCUT2D eigenvalue weighted by molar-refractivity contribution is 6.09. The lowest BCUT2D eigenvalue weighted by Crippen LogP contribution is -2.49. The number of nitrogens with zero attached hydrogens (tertiary/aromatic N) is 4. The van der Waals surface area contributed by atoms with Crippen molar-refractivity contribution in [2.45, 2.75) is 58.9 Å². The van der Waals surface area contributed by atoms with Crippen LogP contribution in [0.3, 0.4) is 0 Å². The summed E-state index contributed by atoms with van der Waals surface area (Å²) >= 11 is 0. The van der Waals surface area contributed by atoms with Crippen LogP contribution < -0.4 is 10.2 Å². The van der Waals surface area contributed by atoms with E-state index in [2.05, 4.69) is 46.8 Å². The molecule has 8 heteroatoms. The quantitative estimate of drug-likeness (QED) is 0.469. The smallest absolute Gasteiger partial charge is 0.328 e. The molecule has 3 fully saturated rings. The average molecular weight is 556 g/mol. The SMILES string of the molecule is Cc1cccc(C(=O)N2CCC(CN3CCC(n4c(C)cc5c(N6CCC(=O)NC6=O)cccc54)CC3)CC2)c1C. The second kappa shape index (κ2) is 11.3. The van der Waals surface area contributed by atoms with Gasteiger partial charge in [0.1, 0.15) is 0 Å². The Kier molecular flexibility index (Phi) is 7.60. The van der Waals surface area contributed by atoms with E-state index >= 15 is 0 Å². The van der Waals surface area contributed by atoms with Gasteiger partial charge in [0.25, 0.3) is 5.91 Å². The van der Waals surface area contributed by atoms with Crippen LogP contribution in [0.25, 0.3) is 10.9 Å². The van der Waals surface area contributed by atoms with E-state index in [1.54, 1.807) is 4.90 Å². The first-order valence-corrected chi connectivity index (χ1v) is 15.1. The number of likely N-dealkylation sites (tertiary alicyclic amines) is 2. The van der Waals surface area contributed by atoms with Gasteiger partial charge >= 0.3 is 6.03 Å². The molecule has 3 aliphatic rings. The van der Waals surface area contributed by atoms with Crippen molar-refractivity contribution in [2.24, 2.45) is 5.92 Å². The summed E-state index contributed by atoms with van der Waals surface area (Å²) in [5.41, 5.74) is 6.35. The van der Waals surface area contributed by atoms with E-state index in [4.69, 9.17) is 0 Å². The third-order valence-corrected chi connectivity index (χ3v) is 9.57. The van der Waals surface area contributed by atoms with Crippen LogP contribution in [-0.2, 0) is 4.79 Å². The highest BCUT2D eigenvalue weighted by atomic mass is 16.2. The number of fused-ring (bicyclic) bond motifs is 1. The molecule has 41 heavy (non-hydrogen) atoms. The maximum atomic E-state index is 13.2. The van der Waals surface area contributed by atoms with E-state index in [1.165, 1.54) is 11.3 Å². The Balaban J connectivity index is 1.06. The topological polar surface area (TPSA) is 77.9 Å². The van der Waals surface area contributed by atoms with Gasteiger partial charge in [0, 0.05) is 68.4 Å². The minimum absolute atomic E-state index is 0.178. The lowest BCUT2D eigenvalue weighted by Gasteiger charge is -2.38. The molecule has 6 rings (SSSR count). The molecule has 0 atom stereocenters. The number of piperidine rings is 2. The Morgan fingerprint density at radius 3 is 2.37 bits per heavy atom. The van der Waals surface area contributed by atoms with Crippen molar-refractivity contribution in [3.05, 3.63) is 64.8 Å². The number of nitrogens with one attached hydrogen (secondary N) is 1. The maximum Gasteiger partial charge on any atom is 0.328 e. The first-order chi connectivity index (χ1) is 19.8. The van der Waals surface area contributed by atoms with Crippen molar-refractivity contribution >= 4 is 34.4 Å². The zero-order valence-electron chi connectivity index (χ0n) is 24.5. The fraction of sp³-hybridized carbons (Fsp3) is 0.485. The Bertz CT molecular complexity index is 1480. The fourth-order valence-electron chi connectivity index (χ4n) is 7.08. The summed E-state index contributed by atoms with van der Waals surface area (Å²) in [6.07, 6.45) is 4.64. The number of carbonyl (C=O) groups is 3. The molecule has 1 aromatic heterocycles. The number of aromatic nitrogens is 1. The van der Waals surface area contributed by atoms with Gasteiger partial charge < -0.3 is 14.4 Å². The number of hydrogen-bond acceptors (Lipinski definition) is 4. The van der Waals surface area contributed by atoms with Crippen molar-refractivity contribution in [2.75, 3.05) is 44.2 Å². The van der Waals surface area contributed by atoms with Crippen molar-refractivity contribution < 1.29 is 14.4 Å². The van der Waals surface area contributed by atoms with Crippen LogP contribution in [0.1, 0.15) is 65.3 Å². The average Bonchev–Trinajstić information content (AvgIpc) is 3.31. The molecule has 0 aliphatic carbocycles. The predicted molar refractivity (Wildman–Crippen MR) is 161 cm³/mol. The van der Waals surface area contributed by atoms with Gasteiger partial charge in [-0.05, 0) is 87.8 Å². The molecule has 0 unspecified atom stereocenters. The van der Waals surface area contributed by atoms with E-state index in [1.807, 2.05) is 36.1 Å². The minimum atomic E-state index is -0.340. The second-order valence-electron chi connectivity index (χ2n) is 12.1. The summed E-state index contributed by atoms with van der Waals surface area (Å²) in [4.78, 5) is 43.7. The molecule has 216 valence electrons. The molecule has 1 N–H and O–H groups in total. The predicted octanol–water partition coefficient (Wildman–Crippen LogP) is 5.20. The third-order valence-electron chi connectivity index (χ3n) is 9.57. The van der Waals surface area contributed by atoms with Gasteiger partial charge in [-0.2, -0.15) is 0 Å². The van der Waals surface area contributed by atoms with Crippen LogP contribution in [-0.4, -0.2) is 71.5 Å². The monoisotopic (exact) mass is 555 g/mol. The standard InChI is InChI=1S/C33H41N5O3/c1-22-6-4-7-27(24(22)3)32(40)36-17-10-25(11-18-36)21-35-15-12-26(13-16-35)38-23(2)20-28-29(8-5-9-30(28)38)37-19-14-31(39)34-33(37)41/h4-9,20,25-26H,10-19,21H2,1-3H3,(H,34,39,41). The third kappa shape index (κ3) is 5.37. The molecule has 8 nitrogen and oxygen atoms in total. The minimum Gasteiger partial charge on any atom is -0.342 e. The second-order valence-corrected chi connectivity index (χ2v) is 12.1. The zero-order valence-corrected chi connectivity index (χ0v) is 24.5. The summed E-state index contributed by atoms with van der Waals surface area (Å²) in [6.45, 7) is 11.6. The Labute approximate surface area is 242 Å². The van der Waals surface area contributed by atoms with E-state index < -0.39 is 0 Å². The summed E-state index contributed by atoms with van der Waals surface area (Å²) in [7, 11) is 0. The molecule has 4 amide bonds. The first kappa shape index (κ1) is 27.5. The number of urea groups is 1.